The number of benzene rings is 1. The summed E-state index contributed by atoms with van der Waals surface area (Å²) < 4.78 is 0. The van der Waals surface area contributed by atoms with Crippen LogP contribution in [0.15, 0.2) is 42.7 Å². The van der Waals surface area contributed by atoms with Gasteiger partial charge in [-0.3, -0.25) is 4.98 Å². The molecule has 0 aliphatic rings. The van der Waals surface area contributed by atoms with Crippen LogP contribution in [0.3, 0.4) is 0 Å². The number of phenols is 1. The minimum absolute atomic E-state index is 0.210. The summed E-state index contributed by atoms with van der Waals surface area (Å²) in [7, 11) is 0. The van der Waals surface area contributed by atoms with E-state index in [9.17, 15) is 5.11 Å². The summed E-state index contributed by atoms with van der Waals surface area (Å²) in [5, 5.41) is 13.6. The van der Waals surface area contributed by atoms with Gasteiger partial charge in [-0.2, -0.15) is 0 Å². The monoisotopic (exact) mass is 252 g/mol. The molecule has 0 aliphatic heterocycles. The van der Waals surface area contributed by atoms with E-state index in [2.05, 4.69) is 20.3 Å². The first-order chi connectivity index (χ1) is 9.22. The quantitative estimate of drug-likeness (QED) is 0.733. The molecule has 1 aromatic carbocycles. The lowest BCUT2D eigenvalue weighted by atomic mass is 10.2. The molecular weight excluding hydrogens is 240 g/mol. The number of hydrogen-bond acceptors (Lipinski definition) is 5. The van der Waals surface area contributed by atoms with Crippen molar-refractivity contribution in [2.24, 2.45) is 0 Å². The summed E-state index contributed by atoms with van der Waals surface area (Å²) in [5.74, 6) is 1.58. The predicted octanol–water partition coefficient (Wildman–Crippen LogP) is 2.78. The molecule has 0 spiro atoms. The number of pyridine rings is 1. The van der Waals surface area contributed by atoms with Crippen LogP contribution in [0.25, 0.3) is 10.9 Å². The highest BCUT2D eigenvalue weighted by atomic mass is 16.3. The fourth-order valence-corrected chi connectivity index (χ4v) is 1.91. The van der Waals surface area contributed by atoms with Gasteiger partial charge in [-0.15, -0.1) is 0 Å². The molecule has 0 fully saturated rings. The smallest absolute Gasteiger partial charge is 0.142 e. The lowest BCUT2D eigenvalue weighted by molar-refractivity contribution is 0.475. The molecule has 3 rings (SSSR count). The SMILES string of the molecule is Cc1nc(Nc2cccc(O)c2)c2ccncc2n1. The van der Waals surface area contributed by atoms with Crippen LogP contribution in [-0.2, 0) is 0 Å². The number of nitrogens with zero attached hydrogens (tertiary/aromatic N) is 3. The van der Waals surface area contributed by atoms with E-state index in [-0.39, 0.29) is 5.75 Å². The molecule has 2 N–H and O–H groups in total. The van der Waals surface area contributed by atoms with Crippen LogP contribution in [0.2, 0.25) is 0 Å². The lowest BCUT2D eigenvalue weighted by Crippen LogP contribution is -1.99. The van der Waals surface area contributed by atoms with E-state index in [1.165, 1.54) is 0 Å². The molecule has 0 amide bonds. The van der Waals surface area contributed by atoms with Crippen LogP contribution >= 0.6 is 0 Å². The number of hydrogen-bond donors (Lipinski definition) is 2. The minimum atomic E-state index is 0.210. The van der Waals surface area contributed by atoms with Crippen molar-refractivity contribution >= 4 is 22.4 Å². The van der Waals surface area contributed by atoms with E-state index in [1.807, 2.05) is 19.1 Å². The maximum Gasteiger partial charge on any atom is 0.142 e. The highest BCUT2D eigenvalue weighted by Gasteiger charge is 2.06. The number of nitrogens with one attached hydrogen (secondary N) is 1. The maximum absolute atomic E-state index is 9.48. The number of fused-ring (bicyclic) bond motifs is 1. The number of phenolic OH excluding ortho intramolecular Hbond substituents is 1. The average Bonchev–Trinajstić information content (AvgIpc) is 2.38. The Morgan fingerprint density at radius 1 is 1.16 bits per heavy atom. The van der Waals surface area contributed by atoms with Gasteiger partial charge in [-0.25, -0.2) is 9.97 Å². The first-order valence-electron chi connectivity index (χ1n) is 5.87. The minimum Gasteiger partial charge on any atom is -0.508 e. The topological polar surface area (TPSA) is 70.9 Å². The van der Waals surface area contributed by atoms with Crippen molar-refractivity contribution in [1.82, 2.24) is 15.0 Å². The Morgan fingerprint density at radius 2 is 2.05 bits per heavy atom. The number of aromatic nitrogens is 3. The number of anilines is 2. The Hall–Kier alpha value is -2.69. The normalized spacial score (nSPS) is 10.6. The van der Waals surface area contributed by atoms with Crippen molar-refractivity contribution in [3.05, 3.63) is 48.5 Å². The fourth-order valence-electron chi connectivity index (χ4n) is 1.91. The van der Waals surface area contributed by atoms with Crippen LogP contribution in [0, 0.1) is 6.92 Å². The number of rotatable bonds is 2. The Kier molecular flexibility index (Phi) is 2.72. The van der Waals surface area contributed by atoms with Crippen molar-refractivity contribution in [3.63, 3.8) is 0 Å². The zero-order valence-electron chi connectivity index (χ0n) is 10.3. The second kappa shape index (κ2) is 4.53. The fraction of sp³-hybridized carbons (Fsp3) is 0.0714. The Morgan fingerprint density at radius 3 is 2.89 bits per heavy atom. The molecule has 2 heterocycles. The summed E-state index contributed by atoms with van der Waals surface area (Å²) in [5.41, 5.74) is 1.56. The summed E-state index contributed by atoms with van der Waals surface area (Å²) >= 11 is 0. The molecule has 0 saturated carbocycles. The van der Waals surface area contributed by atoms with Gasteiger partial charge in [0.15, 0.2) is 0 Å². The molecular formula is C14H12N4O. The maximum atomic E-state index is 9.48. The molecule has 2 aromatic heterocycles. The van der Waals surface area contributed by atoms with Crippen LogP contribution < -0.4 is 5.32 Å². The third-order valence-corrected chi connectivity index (χ3v) is 2.72. The van der Waals surface area contributed by atoms with E-state index in [4.69, 9.17) is 0 Å². The molecule has 0 radical (unpaired) electrons. The van der Waals surface area contributed by atoms with E-state index >= 15 is 0 Å². The molecule has 0 saturated heterocycles. The van der Waals surface area contributed by atoms with E-state index in [1.54, 1.807) is 30.6 Å². The summed E-state index contributed by atoms with van der Waals surface area (Å²) in [6.07, 6.45) is 3.41. The first kappa shape index (κ1) is 11.4. The largest absolute Gasteiger partial charge is 0.508 e. The van der Waals surface area contributed by atoms with Crippen molar-refractivity contribution < 1.29 is 5.11 Å². The highest BCUT2D eigenvalue weighted by Crippen LogP contribution is 2.24. The molecule has 0 bridgehead atoms. The Bertz CT molecular complexity index is 742. The summed E-state index contributed by atoms with van der Waals surface area (Å²) in [6, 6.07) is 8.77. The summed E-state index contributed by atoms with van der Waals surface area (Å²) in [4.78, 5) is 12.8. The molecule has 94 valence electrons. The molecule has 5 heteroatoms. The third-order valence-electron chi connectivity index (χ3n) is 2.72. The van der Waals surface area contributed by atoms with E-state index < -0.39 is 0 Å². The van der Waals surface area contributed by atoms with Crippen LogP contribution in [0.4, 0.5) is 11.5 Å². The van der Waals surface area contributed by atoms with Gasteiger partial charge < -0.3 is 10.4 Å². The van der Waals surface area contributed by atoms with Gasteiger partial charge in [0, 0.05) is 23.3 Å². The Labute approximate surface area is 110 Å². The van der Waals surface area contributed by atoms with Crippen molar-refractivity contribution in [2.75, 3.05) is 5.32 Å². The van der Waals surface area contributed by atoms with Crippen LogP contribution in [-0.4, -0.2) is 20.1 Å². The number of aromatic hydroxyl groups is 1. The van der Waals surface area contributed by atoms with Crippen molar-refractivity contribution in [3.8, 4) is 5.75 Å². The second-order valence-corrected chi connectivity index (χ2v) is 4.19. The van der Waals surface area contributed by atoms with Gasteiger partial charge >= 0.3 is 0 Å². The zero-order chi connectivity index (χ0) is 13.2. The standard InChI is InChI=1S/C14H12N4O/c1-9-16-13-8-15-6-5-12(13)14(17-9)18-10-3-2-4-11(19)7-10/h2-8,19H,1H3,(H,16,17,18). The molecule has 0 aliphatic carbocycles. The van der Waals surface area contributed by atoms with Crippen molar-refractivity contribution in [2.45, 2.75) is 6.92 Å². The van der Waals surface area contributed by atoms with Crippen molar-refractivity contribution in [1.29, 1.82) is 0 Å². The van der Waals surface area contributed by atoms with E-state index in [0.717, 1.165) is 16.6 Å². The number of aryl methyl sites for hydroxylation is 1. The molecule has 19 heavy (non-hydrogen) atoms. The molecule has 3 aromatic rings. The van der Waals surface area contributed by atoms with E-state index in [0.29, 0.717) is 11.6 Å². The second-order valence-electron chi connectivity index (χ2n) is 4.19. The predicted molar refractivity (Wildman–Crippen MR) is 73.5 cm³/mol. The van der Waals surface area contributed by atoms with Gasteiger partial charge in [0.05, 0.1) is 11.7 Å². The lowest BCUT2D eigenvalue weighted by Gasteiger charge is -2.09. The first-order valence-corrected chi connectivity index (χ1v) is 5.87. The van der Waals surface area contributed by atoms with Gasteiger partial charge in [-0.05, 0) is 25.1 Å². The zero-order valence-corrected chi connectivity index (χ0v) is 10.3. The van der Waals surface area contributed by atoms with Gasteiger partial charge in [0.25, 0.3) is 0 Å². The van der Waals surface area contributed by atoms with Gasteiger partial charge in [0.1, 0.15) is 17.4 Å². The average molecular weight is 252 g/mol. The Balaban J connectivity index is 2.09. The summed E-state index contributed by atoms with van der Waals surface area (Å²) in [6.45, 7) is 1.83. The van der Waals surface area contributed by atoms with Crippen LogP contribution in [0.5, 0.6) is 5.75 Å². The molecule has 0 unspecified atom stereocenters. The third kappa shape index (κ3) is 2.30. The van der Waals surface area contributed by atoms with Gasteiger partial charge in [-0.1, -0.05) is 6.07 Å². The molecule has 0 atom stereocenters. The highest BCUT2D eigenvalue weighted by molar-refractivity contribution is 5.90. The van der Waals surface area contributed by atoms with Gasteiger partial charge in [0.2, 0.25) is 0 Å². The van der Waals surface area contributed by atoms with Crippen LogP contribution in [0.1, 0.15) is 5.82 Å². The molecule has 5 nitrogen and oxygen atoms in total.